The Morgan fingerprint density at radius 3 is 1.87 bits per heavy atom. The minimum absolute atomic E-state index is 0.00935. The van der Waals surface area contributed by atoms with E-state index in [0.29, 0.717) is 42.0 Å². The first-order valence-electron chi connectivity index (χ1n) is 21.0. The Bertz CT molecular complexity index is 2420. The molecule has 4 bridgehead atoms. The summed E-state index contributed by atoms with van der Waals surface area (Å²) in [5.74, 6) is -3.35. The second-order valence-corrected chi connectivity index (χ2v) is 16.1. The molecule has 0 fully saturated rings. The monoisotopic (exact) mass is 857 g/mol. The molecule has 3 aliphatic rings. The standard InChI is InChI=1S/C47H55N9O7/c1-28(2)41-46(62)50-32-16-20-34(21-17-32)56(4)47(63)55(3)33-18-14-30(15-19-33)42(58)52-39(25-29-12-22-35(57)23-13-29)44(60)53-40(26-31-27-49-37-10-6-5-9-36(31)37)45(61)51-38(43(59)54-41)11-7-8-24-48/h5-6,9-10,12-23,27-28,38-41,49,57H,7-8,11,24-26,48H2,1-4H3,(H,50,62)(H,51,61)(H,52,58)(H,53,60)(H,54,59)/t38-,39-,40+,41-/m0/s1. The SMILES string of the molecule is CC(C)[C@@H]1NC(=O)[C@H](CCCCN)NC(=O)[C@@H](Cc2c[nH]c3ccccc23)NC(=O)[C@H](Cc2ccc(O)cc2)NC(=O)c2ccc(cc2)N(C)C(=O)N(C)c2ccc(cc2)NC1=O. The van der Waals surface area contributed by atoms with E-state index < -0.39 is 53.7 Å². The third-order valence-corrected chi connectivity index (χ3v) is 11.2. The lowest BCUT2D eigenvalue weighted by atomic mass is 10.00. The number of para-hydroxylation sites is 1. The summed E-state index contributed by atoms with van der Waals surface area (Å²) in [7, 11) is 3.21. The number of benzene rings is 4. The van der Waals surface area contributed by atoms with Crippen LogP contribution >= 0.6 is 0 Å². The van der Waals surface area contributed by atoms with Gasteiger partial charge in [-0.2, -0.15) is 0 Å². The summed E-state index contributed by atoms with van der Waals surface area (Å²) in [4.78, 5) is 90.5. The van der Waals surface area contributed by atoms with E-state index in [-0.39, 0.29) is 42.5 Å². The van der Waals surface area contributed by atoms with Crippen LogP contribution in [0.25, 0.3) is 10.9 Å². The molecule has 63 heavy (non-hydrogen) atoms. The van der Waals surface area contributed by atoms with Gasteiger partial charge < -0.3 is 42.4 Å². The summed E-state index contributed by atoms with van der Waals surface area (Å²) in [5, 5.41) is 25.1. The van der Waals surface area contributed by atoms with Crippen molar-refractivity contribution in [1.82, 2.24) is 26.3 Å². The van der Waals surface area contributed by atoms with E-state index in [1.54, 1.807) is 82.7 Å². The minimum Gasteiger partial charge on any atom is -0.508 e. The molecule has 1 aromatic heterocycles. The summed E-state index contributed by atoms with van der Waals surface area (Å²) in [6.45, 7) is 3.94. The molecule has 4 aromatic carbocycles. The Hall–Kier alpha value is -7.20. The number of phenols is 1. The number of nitrogens with two attached hydrogens (primary N) is 1. The Labute approximate surface area is 366 Å². The molecule has 4 heterocycles. The van der Waals surface area contributed by atoms with Crippen molar-refractivity contribution < 1.29 is 33.9 Å². The van der Waals surface area contributed by atoms with Crippen LogP contribution in [0.1, 0.15) is 54.6 Å². The second kappa shape index (κ2) is 20.6. The van der Waals surface area contributed by atoms with E-state index in [2.05, 4.69) is 31.6 Å². The fourth-order valence-corrected chi connectivity index (χ4v) is 7.41. The molecule has 7 amide bonds. The lowest BCUT2D eigenvalue weighted by Crippen LogP contribution is -2.59. The van der Waals surface area contributed by atoms with Crippen molar-refractivity contribution >= 4 is 63.5 Å². The number of aromatic hydroxyl groups is 1. The number of H-pyrrole nitrogens is 1. The number of unbranched alkanes of at least 4 members (excludes halogenated alkanes) is 1. The average molecular weight is 858 g/mol. The highest BCUT2D eigenvalue weighted by Crippen LogP contribution is 2.23. The number of fused-ring (bicyclic) bond motifs is 3. The van der Waals surface area contributed by atoms with Gasteiger partial charge in [0.2, 0.25) is 23.6 Å². The van der Waals surface area contributed by atoms with Gasteiger partial charge in [0.1, 0.15) is 29.9 Å². The van der Waals surface area contributed by atoms with Crippen LogP contribution in [0.3, 0.4) is 0 Å². The van der Waals surface area contributed by atoms with Crippen molar-refractivity contribution in [2.45, 2.75) is 70.1 Å². The highest BCUT2D eigenvalue weighted by Gasteiger charge is 2.33. The van der Waals surface area contributed by atoms with Crippen molar-refractivity contribution in [3.63, 3.8) is 0 Å². The predicted molar refractivity (Wildman–Crippen MR) is 242 cm³/mol. The summed E-state index contributed by atoms with van der Waals surface area (Å²) in [6, 6.07) is 21.7. The molecule has 16 nitrogen and oxygen atoms in total. The van der Waals surface area contributed by atoms with E-state index in [4.69, 9.17) is 5.73 Å². The average Bonchev–Trinajstić information content (AvgIpc) is 3.69. The fourth-order valence-electron chi connectivity index (χ4n) is 7.41. The summed E-state index contributed by atoms with van der Waals surface area (Å²) >= 11 is 0. The third kappa shape index (κ3) is 11.4. The quantitative estimate of drug-likeness (QED) is 0.0992. The van der Waals surface area contributed by atoms with Crippen molar-refractivity contribution in [3.8, 4) is 5.75 Å². The summed E-state index contributed by atoms with van der Waals surface area (Å²) in [5.41, 5.74) is 9.63. The number of aromatic nitrogens is 1. The maximum Gasteiger partial charge on any atom is 0.328 e. The molecule has 0 saturated heterocycles. The zero-order valence-corrected chi connectivity index (χ0v) is 35.8. The number of carbonyl (C=O) groups excluding carboxylic acids is 6. The normalized spacial score (nSPS) is 19.6. The number of hydrogen-bond acceptors (Lipinski definition) is 8. The molecular formula is C47H55N9O7. The number of nitrogens with one attached hydrogen (secondary N) is 6. The fraction of sp³-hybridized carbons (Fsp3) is 0.319. The first-order valence-corrected chi connectivity index (χ1v) is 21.0. The molecule has 0 spiro atoms. The van der Waals surface area contributed by atoms with Crippen LogP contribution in [0.15, 0.2) is 103 Å². The first kappa shape index (κ1) is 45.3. The molecule has 0 saturated carbocycles. The Kier molecular flexibility index (Phi) is 14.8. The van der Waals surface area contributed by atoms with E-state index in [9.17, 15) is 33.9 Å². The van der Waals surface area contributed by atoms with Crippen LogP contribution in [-0.4, -0.2) is 90.5 Å². The smallest absolute Gasteiger partial charge is 0.328 e. The Morgan fingerprint density at radius 1 is 0.651 bits per heavy atom. The minimum atomic E-state index is -1.24. The van der Waals surface area contributed by atoms with Gasteiger partial charge in [0.05, 0.1) is 0 Å². The van der Waals surface area contributed by atoms with Gasteiger partial charge in [-0.3, -0.25) is 33.8 Å². The number of anilines is 3. The van der Waals surface area contributed by atoms with Crippen molar-refractivity contribution in [2.75, 3.05) is 35.8 Å². The van der Waals surface area contributed by atoms with E-state index in [1.807, 2.05) is 24.3 Å². The maximum absolute atomic E-state index is 14.5. The summed E-state index contributed by atoms with van der Waals surface area (Å²) < 4.78 is 0. The Morgan fingerprint density at radius 2 is 1.24 bits per heavy atom. The molecule has 4 atom stereocenters. The predicted octanol–water partition coefficient (Wildman–Crippen LogP) is 4.34. The van der Waals surface area contributed by atoms with Crippen LogP contribution in [-0.2, 0) is 32.0 Å². The van der Waals surface area contributed by atoms with Crippen molar-refractivity contribution in [2.24, 2.45) is 11.7 Å². The van der Waals surface area contributed by atoms with Gasteiger partial charge >= 0.3 is 6.03 Å². The van der Waals surface area contributed by atoms with Crippen LogP contribution in [0.4, 0.5) is 21.9 Å². The van der Waals surface area contributed by atoms with Gasteiger partial charge in [-0.15, -0.1) is 0 Å². The number of urea groups is 1. The molecule has 16 heteroatoms. The van der Waals surface area contributed by atoms with Crippen LogP contribution in [0.5, 0.6) is 5.75 Å². The molecule has 9 N–H and O–H groups in total. The van der Waals surface area contributed by atoms with Crippen molar-refractivity contribution in [1.29, 1.82) is 0 Å². The summed E-state index contributed by atoms with van der Waals surface area (Å²) in [6.07, 6.45) is 2.99. The highest BCUT2D eigenvalue weighted by atomic mass is 16.3. The maximum atomic E-state index is 14.5. The molecule has 0 aliphatic carbocycles. The van der Waals surface area contributed by atoms with E-state index >= 15 is 0 Å². The molecule has 8 rings (SSSR count). The molecule has 5 aromatic rings. The number of amides is 7. The van der Waals surface area contributed by atoms with Crippen LogP contribution in [0.2, 0.25) is 0 Å². The number of rotatable bonds is 9. The van der Waals surface area contributed by atoms with Gasteiger partial charge in [-0.1, -0.05) is 44.2 Å². The third-order valence-electron chi connectivity index (χ3n) is 11.2. The largest absolute Gasteiger partial charge is 0.508 e. The zero-order chi connectivity index (χ0) is 45.2. The molecule has 0 radical (unpaired) electrons. The molecular weight excluding hydrogens is 803 g/mol. The molecule has 3 aliphatic heterocycles. The van der Waals surface area contributed by atoms with E-state index in [1.165, 1.54) is 34.1 Å². The van der Waals surface area contributed by atoms with E-state index in [0.717, 1.165) is 16.5 Å². The van der Waals surface area contributed by atoms with Gasteiger partial charge in [0, 0.05) is 66.7 Å². The highest BCUT2D eigenvalue weighted by molar-refractivity contribution is 6.04. The molecule has 330 valence electrons. The zero-order valence-electron chi connectivity index (χ0n) is 35.8. The second-order valence-electron chi connectivity index (χ2n) is 16.1. The van der Waals surface area contributed by atoms with Gasteiger partial charge in [0.25, 0.3) is 5.91 Å². The van der Waals surface area contributed by atoms with Gasteiger partial charge in [-0.05, 0) is 110 Å². The topological polar surface area (TPSA) is 231 Å². The van der Waals surface area contributed by atoms with Gasteiger partial charge in [0.15, 0.2) is 0 Å². The lowest BCUT2D eigenvalue weighted by molar-refractivity contribution is -0.133. The first-order chi connectivity index (χ1) is 30.2. The van der Waals surface area contributed by atoms with Crippen LogP contribution in [0, 0.1) is 5.92 Å². The van der Waals surface area contributed by atoms with Crippen molar-refractivity contribution in [3.05, 3.63) is 120 Å². The number of phenolic OH excluding ortho intramolecular Hbond substituents is 1. The number of carbonyl (C=O) groups is 6. The number of aromatic amines is 1. The number of hydrogen-bond donors (Lipinski definition) is 8. The number of nitrogens with zero attached hydrogens (tertiary/aromatic N) is 2. The Balaban J connectivity index is 1.39. The van der Waals surface area contributed by atoms with Crippen LogP contribution < -0.4 is 42.1 Å². The molecule has 0 unspecified atom stereocenters. The lowest BCUT2D eigenvalue weighted by Gasteiger charge is -2.28. The van der Waals surface area contributed by atoms with Gasteiger partial charge in [-0.25, -0.2) is 4.79 Å².